The quantitative estimate of drug-likeness (QED) is 0.251. The van der Waals surface area contributed by atoms with Crippen molar-refractivity contribution < 1.29 is 10.2 Å². The summed E-state index contributed by atoms with van der Waals surface area (Å²) in [5.74, 6) is 0. The van der Waals surface area contributed by atoms with E-state index in [4.69, 9.17) is 10.2 Å². The number of rotatable bonds is 15. The molecule has 0 rings (SSSR count). The van der Waals surface area contributed by atoms with Gasteiger partial charge in [0.1, 0.15) is 0 Å². The van der Waals surface area contributed by atoms with Crippen molar-refractivity contribution in [3.63, 3.8) is 0 Å². The van der Waals surface area contributed by atoms with Gasteiger partial charge in [0.05, 0.1) is 0 Å². The topological polar surface area (TPSA) is 40.5 Å². The van der Waals surface area contributed by atoms with E-state index in [1.54, 1.807) is 0 Å². The van der Waals surface area contributed by atoms with E-state index in [-0.39, 0.29) is 0 Å². The lowest BCUT2D eigenvalue weighted by atomic mass is 10.0. The monoisotopic (exact) mass is 270 g/mol. The first kappa shape index (κ1) is 18.7. The fourth-order valence-electron chi connectivity index (χ4n) is 2.38. The Morgan fingerprint density at radius 1 is 0.632 bits per heavy atom. The minimum Gasteiger partial charge on any atom is -0.368 e. The van der Waals surface area contributed by atoms with Gasteiger partial charge in [0.25, 0.3) is 0 Å². The lowest BCUT2D eigenvalue weighted by Gasteiger charge is -2.04. The zero-order chi connectivity index (χ0) is 14.2. The lowest BCUT2D eigenvalue weighted by molar-refractivity contribution is -0.0466. The highest BCUT2D eigenvalue weighted by Crippen LogP contribution is 2.13. The molecule has 2 heteroatoms. The largest absolute Gasteiger partial charge is 0.368 e. The molecule has 0 unspecified atom stereocenters. The van der Waals surface area contributed by atoms with Crippen molar-refractivity contribution in [2.45, 2.75) is 96.2 Å². The molecule has 0 fully saturated rings. The highest BCUT2D eigenvalue weighted by molar-refractivity contribution is 4.65. The summed E-state index contributed by atoms with van der Waals surface area (Å²) in [5, 5.41) is 17.4. The van der Waals surface area contributed by atoms with Gasteiger partial charge in [-0.15, -0.1) is 6.58 Å². The normalized spacial score (nSPS) is 11.1. The van der Waals surface area contributed by atoms with Crippen molar-refractivity contribution in [3.05, 3.63) is 12.7 Å². The van der Waals surface area contributed by atoms with Gasteiger partial charge in [-0.05, 0) is 25.7 Å². The van der Waals surface area contributed by atoms with Gasteiger partial charge in [0.15, 0.2) is 6.29 Å². The lowest BCUT2D eigenvalue weighted by Crippen LogP contribution is -2.02. The summed E-state index contributed by atoms with van der Waals surface area (Å²) in [6.45, 7) is 3.74. The molecule has 0 aromatic carbocycles. The van der Waals surface area contributed by atoms with E-state index >= 15 is 0 Å². The summed E-state index contributed by atoms with van der Waals surface area (Å²) < 4.78 is 0. The van der Waals surface area contributed by atoms with Gasteiger partial charge in [0, 0.05) is 0 Å². The van der Waals surface area contributed by atoms with E-state index in [2.05, 4.69) is 6.58 Å². The molecule has 0 bridgehead atoms. The van der Waals surface area contributed by atoms with Crippen LogP contribution in [-0.4, -0.2) is 16.5 Å². The van der Waals surface area contributed by atoms with Crippen molar-refractivity contribution >= 4 is 0 Å². The maximum Gasteiger partial charge on any atom is 0.151 e. The molecular formula is C17H34O2. The van der Waals surface area contributed by atoms with Gasteiger partial charge in [-0.1, -0.05) is 70.3 Å². The molecule has 0 heterocycles. The van der Waals surface area contributed by atoms with Gasteiger partial charge < -0.3 is 10.2 Å². The van der Waals surface area contributed by atoms with Crippen LogP contribution in [-0.2, 0) is 0 Å². The predicted molar refractivity (Wildman–Crippen MR) is 83.1 cm³/mol. The first-order chi connectivity index (χ1) is 9.27. The molecule has 0 aliphatic rings. The van der Waals surface area contributed by atoms with E-state index in [9.17, 15) is 0 Å². The Balaban J connectivity index is 2.93. The maximum absolute atomic E-state index is 8.69. The number of allylic oxidation sites excluding steroid dienone is 1. The predicted octanol–water partition coefficient (Wildman–Crippen LogP) is 4.94. The third-order valence-corrected chi connectivity index (χ3v) is 3.62. The number of unbranched alkanes of at least 4 members (excludes halogenated alkanes) is 12. The van der Waals surface area contributed by atoms with E-state index in [1.165, 1.54) is 70.6 Å². The Labute approximate surface area is 119 Å². The summed E-state index contributed by atoms with van der Waals surface area (Å²) >= 11 is 0. The van der Waals surface area contributed by atoms with Crippen LogP contribution in [0.4, 0.5) is 0 Å². The van der Waals surface area contributed by atoms with Crippen LogP contribution in [0.3, 0.4) is 0 Å². The molecule has 0 radical (unpaired) electrons. The Hall–Kier alpha value is -0.340. The third-order valence-electron chi connectivity index (χ3n) is 3.62. The minimum absolute atomic E-state index is 0.534. The Kier molecular flexibility index (Phi) is 15.4. The van der Waals surface area contributed by atoms with Crippen LogP contribution in [0.15, 0.2) is 12.7 Å². The molecule has 2 nitrogen and oxygen atoms in total. The Morgan fingerprint density at radius 3 is 1.37 bits per heavy atom. The SMILES string of the molecule is C=CCCCCCCCCCCCCCCC(O)O. The fraction of sp³-hybridized carbons (Fsp3) is 0.882. The molecule has 0 aromatic heterocycles. The van der Waals surface area contributed by atoms with Crippen LogP contribution >= 0.6 is 0 Å². The van der Waals surface area contributed by atoms with Crippen LogP contribution in [0, 0.1) is 0 Å². The summed E-state index contributed by atoms with van der Waals surface area (Å²) in [4.78, 5) is 0. The van der Waals surface area contributed by atoms with Gasteiger partial charge in [0.2, 0.25) is 0 Å². The minimum atomic E-state index is -1.11. The van der Waals surface area contributed by atoms with Gasteiger partial charge >= 0.3 is 0 Å². The van der Waals surface area contributed by atoms with Crippen molar-refractivity contribution in [1.82, 2.24) is 0 Å². The smallest absolute Gasteiger partial charge is 0.151 e. The molecule has 0 saturated carbocycles. The molecule has 0 aromatic rings. The zero-order valence-electron chi connectivity index (χ0n) is 12.7. The molecule has 0 aliphatic heterocycles. The average molecular weight is 270 g/mol. The van der Waals surface area contributed by atoms with Crippen LogP contribution in [0.1, 0.15) is 89.9 Å². The average Bonchev–Trinajstić information content (AvgIpc) is 2.39. The Morgan fingerprint density at radius 2 is 1.00 bits per heavy atom. The highest BCUT2D eigenvalue weighted by atomic mass is 16.5. The van der Waals surface area contributed by atoms with Crippen molar-refractivity contribution in [3.8, 4) is 0 Å². The summed E-state index contributed by atoms with van der Waals surface area (Å²) in [7, 11) is 0. The van der Waals surface area contributed by atoms with Crippen LogP contribution in [0.25, 0.3) is 0 Å². The molecule has 0 atom stereocenters. The molecule has 0 amide bonds. The molecule has 114 valence electrons. The number of hydrogen-bond donors (Lipinski definition) is 2. The number of aliphatic hydroxyl groups excluding tert-OH is 1. The van der Waals surface area contributed by atoms with E-state index in [1.807, 2.05) is 6.08 Å². The van der Waals surface area contributed by atoms with Crippen molar-refractivity contribution in [1.29, 1.82) is 0 Å². The molecule has 0 spiro atoms. The van der Waals surface area contributed by atoms with Crippen LogP contribution in [0.5, 0.6) is 0 Å². The first-order valence-electron chi connectivity index (χ1n) is 8.24. The second-order valence-electron chi connectivity index (χ2n) is 5.59. The second-order valence-corrected chi connectivity index (χ2v) is 5.59. The maximum atomic E-state index is 8.69. The molecular weight excluding hydrogens is 236 g/mol. The molecule has 2 N–H and O–H groups in total. The summed E-state index contributed by atoms with van der Waals surface area (Å²) in [5.41, 5.74) is 0. The molecule has 0 aliphatic carbocycles. The first-order valence-corrected chi connectivity index (χ1v) is 8.24. The van der Waals surface area contributed by atoms with E-state index in [0.717, 1.165) is 12.8 Å². The number of aliphatic hydroxyl groups is 2. The summed E-state index contributed by atoms with van der Waals surface area (Å²) in [6.07, 6.45) is 18.2. The molecule has 0 saturated heterocycles. The molecule has 19 heavy (non-hydrogen) atoms. The highest BCUT2D eigenvalue weighted by Gasteiger charge is 1.97. The van der Waals surface area contributed by atoms with E-state index < -0.39 is 6.29 Å². The standard InChI is InChI=1S/C17H34O2/c1-2-3-4-5-6-7-8-9-10-11-12-13-14-15-16-17(18)19/h2,17-19H,1,3-16H2. The van der Waals surface area contributed by atoms with E-state index in [0.29, 0.717) is 6.42 Å². The third kappa shape index (κ3) is 17.7. The van der Waals surface area contributed by atoms with Crippen LogP contribution < -0.4 is 0 Å². The zero-order valence-corrected chi connectivity index (χ0v) is 12.7. The van der Waals surface area contributed by atoms with Gasteiger partial charge in [-0.3, -0.25) is 0 Å². The fourth-order valence-corrected chi connectivity index (χ4v) is 2.38. The van der Waals surface area contributed by atoms with Crippen LogP contribution in [0.2, 0.25) is 0 Å². The number of hydrogen-bond acceptors (Lipinski definition) is 2. The Bertz CT molecular complexity index is 178. The van der Waals surface area contributed by atoms with Gasteiger partial charge in [-0.2, -0.15) is 0 Å². The van der Waals surface area contributed by atoms with Gasteiger partial charge in [-0.25, -0.2) is 0 Å². The van der Waals surface area contributed by atoms with Crippen molar-refractivity contribution in [2.24, 2.45) is 0 Å². The summed E-state index contributed by atoms with van der Waals surface area (Å²) in [6, 6.07) is 0. The van der Waals surface area contributed by atoms with Crippen molar-refractivity contribution in [2.75, 3.05) is 0 Å². The second kappa shape index (κ2) is 15.7.